The summed E-state index contributed by atoms with van der Waals surface area (Å²) in [6.45, 7) is 0.522. The van der Waals surface area contributed by atoms with Crippen LogP contribution in [0.15, 0.2) is 48.8 Å². The molecule has 0 unspecified atom stereocenters. The zero-order valence-electron chi connectivity index (χ0n) is 8.95. The van der Waals surface area contributed by atoms with Gasteiger partial charge in [0.05, 0.1) is 4.92 Å². The zero-order valence-corrected chi connectivity index (χ0v) is 8.95. The third kappa shape index (κ3) is 2.78. The summed E-state index contributed by atoms with van der Waals surface area (Å²) in [5, 5.41) is 21.6. The second-order valence-corrected chi connectivity index (χ2v) is 3.64. The second-order valence-electron chi connectivity index (χ2n) is 3.64. The number of nitro benzene ring substituents is 1. The van der Waals surface area contributed by atoms with Crippen molar-refractivity contribution in [3.05, 3.63) is 64.5 Å². The molecule has 86 valence electrons. The molecule has 0 aliphatic carbocycles. The van der Waals surface area contributed by atoms with Crippen molar-refractivity contribution in [2.45, 2.75) is 6.54 Å². The maximum Gasteiger partial charge on any atom is 0.269 e. The number of aromatic nitrogens is 1. The van der Waals surface area contributed by atoms with E-state index in [1.54, 1.807) is 29.0 Å². The molecule has 0 radical (unpaired) electrons. The van der Waals surface area contributed by atoms with Gasteiger partial charge in [0.2, 0.25) is 0 Å². The molecule has 1 aromatic carbocycles. The fourth-order valence-corrected chi connectivity index (χ4v) is 1.53. The molecule has 2 rings (SSSR count). The highest BCUT2D eigenvalue weighted by Gasteiger charge is 2.06. The number of benzene rings is 1. The lowest BCUT2D eigenvalue weighted by Crippen LogP contribution is -2.33. The van der Waals surface area contributed by atoms with Crippen LogP contribution in [0, 0.1) is 10.1 Å². The van der Waals surface area contributed by atoms with E-state index in [1.807, 2.05) is 0 Å². The third-order valence-corrected chi connectivity index (χ3v) is 2.34. The van der Waals surface area contributed by atoms with Gasteiger partial charge < -0.3 is 5.11 Å². The Morgan fingerprint density at radius 3 is 2.47 bits per heavy atom. The van der Waals surface area contributed by atoms with Gasteiger partial charge in [-0.3, -0.25) is 10.1 Å². The lowest BCUT2D eigenvalue weighted by atomic mass is 10.2. The van der Waals surface area contributed by atoms with Crippen molar-refractivity contribution < 1.29 is 14.6 Å². The average molecular weight is 230 g/mol. The second kappa shape index (κ2) is 4.61. The molecule has 1 heterocycles. The molecule has 0 aliphatic rings. The van der Waals surface area contributed by atoms with Gasteiger partial charge in [-0.2, -0.15) is 0 Å². The molecular weight excluding hydrogens is 220 g/mol. The van der Waals surface area contributed by atoms with Gasteiger partial charge in [0.25, 0.3) is 5.69 Å². The molecule has 17 heavy (non-hydrogen) atoms. The summed E-state index contributed by atoms with van der Waals surface area (Å²) >= 11 is 0. The van der Waals surface area contributed by atoms with Crippen LogP contribution < -0.4 is 9.67 Å². The van der Waals surface area contributed by atoms with Crippen molar-refractivity contribution in [2.24, 2.45) is 0 Å². The summed E-state index contributed by atoms with van der Waals surface area (Å²) in [6, 6.07) is 9.43. The molecule has 5 nitrogen and oxygen atoms in total. The average Bonchev–Trinajstić information content (AvgIpc) is 2.29. The van der Waals surface area contributed by atoms with Gasteiger partial charge in [0.15, 0.2) is 18.9 Å². The molecule has 2 aromatic rings. The molecule has 0 aliphatic heterocycles. The minimum Gasteiger partial charge on any atom is -0.868 e. The van der Waals surface area contributed by atoms with Crippen molar-refractivity contribution in [1.82, 2.24) is 0 Å². The minimum absolute atomic E-state index is 0.0607. The van der Waals surface area contributed by atoms with Crippen molar-refractivity contribution in [1.29, 1.82) is 0 Å². The van der Waals surface area contributed by atoms with Gasteiger partial charge >= 0.3 is 0 Å². The lowest BCUT2D eigenvalue weighted by molar-refractivity contribution is -0.690. The molecule has 0 N–H and O–H groups in total. The summed E-state index contributed by atoms with van der Waals surface area (Å²) in [4.78, 5) is 10.0. The normalized spacial score (nSPS) is 10.1. The Balaban J connectivity index is 2.16. The van der Waals surface area contributed by atoms with E-state index in [-0.39, 0.29) is 11.4 Å². The quantitative estimate of drug-likeness (QED) is 0.448. The van der Waals surface area contributed by atoms with E-state index in [1.165, 1.54) is 24.4 Å². The Hall–Kier alpha value is -2.43. The van der Waals surface area contributed by atoms with E-state index in [0.29, 0.717) is 6.54 Å². The van der Waals surface area contributed by atoms with E-state index in [2.05, 4.69) is 0 Å². The number of pyridine rings is 1. The monoisotopic (exact) mass is 230 g/mol. The molecule has 0 atom stereocenters. The Bertz CT molecular complexity index is 538. The lowest BCUT2D eigenvalue weighted by Gasteiger charge is -2.02. The van der Waals surface area contributed by atoms with E-state index in [4.69, 9.17) is 0 Å². The first kappa shape index (κ1) is 11.1. The Kier molecular flexibility index (Phi) is 3.00. The van der Waals surface area contributed by atoms with Crippen LogP contribution in [-0.2, 0) is 6.54 Å². The van der Waals surface area contributed by atoms with E-state index >= 15 is 0 Å². The number of nitrogens with zero attached hydrogens (tertiary/aromatic N) is 2. The fraction of sp³-hybridized carbons (Fsp3) is 0.0833. The molecule has 1 aromatic heterocycles. The van der Waals surface area contributed by atoms with Crippen molar-refractivity contribution in [3.8, 4) is 5.75 Å². The number of rotatable bonds is 3. The van der Waals surface area contributed by atoms with Crippen LogP contribution in [0.5, 0.6) is 5.75 Å². The first-order chi connectivity index (χ1) is 8.15. The number of hydrogen-bond donors (Lipinski definition) is 0. The smallest absolute Gasteiger partial charge is 0.269 e. The van der Waals surface area contributed by atoms with E-state index < -0.39 is 4.92 Å². The van der Waals surface area contributed by atoms with Crippen LogP contribution in [0.3, 0.4) is 0 Å². The van der Waals surface area contributed by atoms with Gasteiger partial charge in [0, 0.05) is 23.8 Å². The summed E-state index contributed by atoms with van der Waals surface area (Å²) < 4.78 is 1.74. The highest BCUT2D eigenvalue weighted by molar-refractivity contribution is 5.32. The molecular formula is C12H10N2O3. The van der Waals surface area contributed by atoms with Gasteiger partial charge in [0.1, 0.15) is 0 Å². The Morgan fingerprint density at radius 2 is 1.88 bits per heavy atom. The summed E-state index contributed by atoms with van der Waals surface area (Å²) in [6.07, 6.45) is 3.27. The molecule has 5 heteroatoms. The van der Waals surface area contributed by atoms with Crippen molar-refractivity contribution in [3.63, 3.8) is 0 Å². The summed E-state index contributed by atoms with van der Waals surface area (Å²) in [5.74, 6) is -0.0607. The van der Waals surface area contributed by atoms with Crippen LogP contribution in [-0.4, -0.2) is 4.92 Å². The first-order valence-corrected chi connectivity index (χ1v) is 5.04. The highest BCUT2D eigenvalue weighted by atomic mass is 16.6. The first-order valence-electron chi connectivity index (χ1n) is 5.04. The molecule has 0 spiro atoms. The number of hydrogen-bond acceptors (Lipinski definition) is 3. The van der Waals surface area contributed by atoms with Gasteiger partial charge in [-0.1, -0.05) is 6.07 Å². The summed E-state index contributed by atoms with van der Waals surface area (Å²) in [5.41, 5.74) is 0.975. The third-order valence-electron chi connectivity index (χ3n) is 2.34. The van der Waals surface area contributed by atoms with Crippen LogP contribution in [0.1, 0.15) is 5.56 Å². The van der Waals surface area contributed by atoms with Crippen molar-refractivity contribution >= 4 is 5.69 Å². The van der Waals surface area contributed by atoms with Crippen molar-refractivity contribution in [2.75, 3.05) is 0 Å². The maximum atomic E-state index is 11.1. The zero-order chi connectivity index (χ0) is 12.3. The van der Waals surface area contributed by atoms with Gasteiger partial charge in [-0.15, -0.1) is 0 Å². The molecule has 0 bridgehead atoms. The molecule has 0 saturated heterocycles. The largest absolute Gasteiger partial charge is 0.868 e. The topological polar surface area (TPSA) is 70.1 Å². The van der Waals surface area contributed by atoms with Crippen LogP contribution >= 0.6 is 0 Å². The number of nitro groups is 1. The van der Waals surface area contributed by atoms with Gasteiger partial charge in [-0.05, 0) is 17.9 Å². The molecule has 0 fully saturated rings. The molecule has 0 amide bonds. The highest BCUT2D eigenvalue weighted by Crippen LogP contribution is 2.11. The van der Waals surface area contributed by atoms with Crippen LogP contribution in [0.4, 0.5) is 5.69 Å². The standard InChI is InChI=1S/C12H10N2O3/c15-12-2-1-7-13(9-12)8-10-3-5-11(6-4-10)14(16)17/h1-7,9H,8H2. The van der Waals surface area contributed by atoms with Crippen LogP contribution in [0.2, 0.25) is 0 Å². The van der Waals surface area contributed by atoms with E-state index in [9.17, 15) is 15.2 Å². The number of non-ortho nitro benzene ring substituents is 1. The SMILES string of the molecule is O=[N+]([O-])c1ccc(C[n+]2cccc([O-])c2)cc1. The molecule has 0 saturated carbocycles. The Morgan fingerprint density at radius 1 is 1.18 bits per heavy atom. The minimum atomic E-state index is -0.435. The van der Waals surface area contributed by atoms with Gasteiger partial charge in [-0.25, -0.2) is 4.57 Å². The Labute approximate surface area is 97.7 Å². The predicted molar refractivity (Wildman–Crippen MR) is 58.3 cm³/mol. The maximum absolute atomic E-state index is 11.1. The van der Waals surface area contributed by atoms with Crippen LogP contribution in [0.25, 0.3) is 0 Å². The predicted octanol–water partition coefficient (Wildman–Crippen LogP) is 1.00. The fourth-order valence-electron chi connectivity index (χ4n) is 1.53. The van der Waals surface area contributed by atoms with E-state index in [0.717, 1.165) is 5.56 Å². The summed E-state index contributed by atoms with van der Waals surface area (Å²) in [7, 11) is 0.